The van der Waals surface area contributed by atoms with Crippen LogP contribution in [-0.4, -0.2) is 23.2 Å². The van der Waals surface area contributed by atoms with Crippen molar-refractivity contribution in [3.05, 3.63) is 23.9 Å². The molecule has 0 aromatic carbocycles. The Kier molecular flexibility index (Phi) is 6.18. The van der Waals surface area contributed by atoms with Crippen molar-refractivity contribution >= 4 is 17.7 Å². The zero-order chi connectivity index (χ0) is 14.2. The molecule has 1 aromatic heterocycles. The Bertz CT molecular complexity index is 439. The number of thioether (sulfide) groups is 1. The van der Waals surface area contributed by atoms with Crippen LogP contribution in [0.3, 0.4) is 0 Å². The molecule has 110 valence electrons. The first-order valence-electron chi connectivity index (χ1n) is 7.33. The quantitative estimate of drug-likeness (QED) is 0.388. The summed E-state index contributed by atoms with van der Waals surface area (Å²) < 4.78 is 0. The second-order valence-electron chi connectivity index (χ2n) is 5.24. The summed E-state index contributed by atoms with van der Waals surface area (Å²) in [5.41, 5.74) is 7.14. The fourth-order valence-corrected chi connectivity index (χ4v) is 2.95. The number of rotatable bonds is 4. The van der Waals surface area contributed by atoms with Gasteiger partial charge in [0.25, 0.3) is 0 Å². The highest BCUT2D eigenvalue weighted by molar-refractivity contribution is 7.98. The summed E-state index contributed by atoms with van der Waals surface area (Å²) >= 11 is 1.64. The van der Waals surface area contributed by atoms with Gasteiger partial charge in [0.1, 0.15) is 0 Å². The number of pyridine rings is 1. The number of aromatic nitrogens is 1. The van der Waals surface area contributed by atoms with E-state index >= 15 is 0 Å². The first-order chi connectivity index (χ1) is 9.78. The molecule has 4 nitrogen and oxygen atoms in total. The molecule has 1 fully saturated rings. The third-order valence-electron chi connectivity index (χ3n) is 3.65. The molecule has 0 atom stereocenters. The zero-order valence-corrected chi connectivity index (χ0v) is 13.0. The first kappa shape index (κ1) is 15.2. The Morgan fingerprint density at radius 3 is 2.85 bits per heavy atom. The maximum Gasteiger partial charge on any atom is 0.189 e. The van der Waals surface area contributed by atoms with E-state index in [1.165, 1.54) is 38.5 Å². The number of nitrogens with one attached hydrogen (secondary N) is 1. The van der Waals surface area contributed by atoms with Gasteiger partial charge in [0.05, 0.1) is 11.6 Å². The number of aliphatic imine (C=N–C) groups is 1. The molecule has 0 unspecified atom stereocenters. The van der Waals surface area contributed by atoms with Gasteiger partial charge in [-0.25, -0.2) is 9.98 Å². The van der Waals surface area contributed by atoms with Crippen LogP contribution >= 0.6 is 11.8 Å². The van der Waals surface area contributed by atoms with Crippen LogP contribution in [-0.2, 0) is 6.54 Å². The van der Waals surface area contributed by atoms with Gasteiger partial charge in [-0.2, -0.15) is 0 Å². The summed E-state index contributed by atoms with van der Waals surface area (Å²) in [5.74, 6) is 0.569. The van der Waals surface area contributed by atoms with Crippen LogP contribution in [0.5, 0.6) is 0 Å². The van der Waals surface area contributed by atoms with Crippen LogP contribution in [0.15, 0.2) is 28.3 Å². The lowest BCUT2D eigenvalue weighted by Gasteiger charge is -2.16. The molecule has 0 spiro atoms. The molecule has 0 aliphatic heterocycles. The van der Waals surface area contributed by atoms with Gasteiger partial charge in [-0.15, -0.1) is 11.8 Å². The van der Waals surface area contributed by atoms with E-state index in [0.717, 1.165) is 10.6 Å². The number of nitrogens with two attached hydrogens (primary N) is 1. The van der Waals surface area contributed by atoms with Gasteiger partial charge in [-0.05, 0) is 36.8 Å². The van der Waals surface area contributed by atoms with Crippen molar-refractivity contribution in [3.8, 4) is 0 Å². The van der Waals surface area contributed by atoms with E-state index in [1.807, 2.05) is 18.5 Å². The molecular weight excluding hydrogens is 268 g/mol. The van der Waals surface area contributed by atoms with Crippen LogP contribution in [0.1, 0.15) is 44.1 Å². The van der Waals surface area contributed by atoms with Crippen molar-refractivity contribution in [2.24, 2.45) is 10.7 Å². The number of nitrogens with zero attached hydrogens (tertiary/aromatic N) is 2. The van der Waals surface area contributed by atoms with Crippen molar-refractivity contribution in [2.45, 2.75) is 56.1 Å². The predicted octanol–water partition coefficient (Wildman–Crippen LogP) is 2.93. The molecule has 2 rings (SSSR count). The van der Waals surface area contributed by atoms with Crippen molar-refractivity contribution in [3.63, 3.8) is 0 Å². The third kappa shape index (κ3) is 5.04. The Labute approximate surface area is 125 Å². The van der Waals surface area contributed by atoms with E-state index < -0.39 is 0 Å². The van der Waals surface area contributed by atoms with E-state index in [-0.39, 0.29) is 0 Å². The third-order valence-corrected chi connectivity index (χ3v) is 4.29. The van der Waals surface area contributed by atoms with Crippen molar-refractivity contribution in [1.82, 2.24) is 10.3 Å². The summed E-state index contributed by atoms with van der Waals surface area (Å²) in [6.07, 6.45) is 11.6. The zero-order valence-electron chi connectivity index (χ0n) is 12.1. The molecule has 5 heteroatoms. The molecule has 1 aromatic rings. The number of guanidine groups is 1. The normalized spacial score (nSPS) is 17.8. The second-order valence-corrected chi connectivity index (χ2v) is 6.07. The van der Waals surface area contributed by atoms with E-state index in [9.17, 15) is 0 Å². The lowest BCUT2D eigenvalue weighted by molar-refractivity contribution is 0.530. The van der Waals surface area contributed by atoms with Crippen LogP contribution in [0.25, 0.3) is 0 Å². The fraction of sp³-hybridized carbons (Fsp3) is 0.600. The average molecular weight is 292 g/mol. The summed E-state index contributed by atoms with van der Waals surface area (Å²) in [5, 5.41) is 4.39. The monoisotopic (exact) mass is 292 g/mol. The summed E-state index contributed by atoms with van der Waals surface area (Å²) in [4.78, 5) is 8.70. The van der Waals surface area contributed by atoms with Gasteiger partial charge < -0.3 is 11.1 Å². The van der Waals surface area contributed by atoms with Crippen molar-refractivity contribution in [2.75, 3.05) is 6.26 Å². The highest BCUT2D eigenvalue weighted by atomic mass is 32.2. The van der Waals surface area contributed by atoms with E-state index in [2.05, 4.69) is 21.4 Å². The van der Waals surface area contributed by atoms with Gasteiger partial charge in [0, 0.05) is 12.2 Å². The highest BCUT2D eigenvalue weighted by Crippen LogP contribution is 2.17. The van der Waals surface area contributed by atoms with Gasteiger partial charge in [-0.3, -0.25) is 0 Å². The Balaban J connectivity index is 1.86. The minimum absolute atomic E-state index is 0.500. The Morgan fingerprint density at radius 1 is 1.40 bits per heavy atom. The molecule has 1 aliphatic rings. The SMILES string of the molecule is CSc1cc(CN=C(N)NC2CCCCCC2)ccn1. The van der Waals surface area contributed by atoms with Crippen molar-refractivity contribution < 1.29 is 0 Å². The Morgan fingerprint density at radius 2 is 2.15 bits per heavy atom. The largest absolute Gasteiger partial charge is 0.370 e. The standard InChI is InChI=1S/C15H24N4S/c1-20-14-10-12(8-9-17-14)11-18-15(16)19-13-6-4-2-3-5-7-13/h8-10,13H,2-7,11H2,1H3,(H3,16,18,19). The van der Waals surface area contributed by atoms with Gasteiger partial charge >= 0.3 is 0 Å². The lowest BCUT2D eigenvalue weighted by atomic mass is 10.1. The van der Waals surface area contributed by atoms with E-state index in [4.69, 9.17) is 5.73 Å². The minimum atomic E-state index is 0.500. The molecule has 0 saturated heterocycles. The summed E-state index contributed by atoms with van der Waals surface area (Å²) in [6, 6.07) is 4.55. The van der Waals surface area contributed by atoms with Gasteiger partial charge in [0.2, 0.25) is 0 Å². The van der Waals surface area contributed by atoms with Crippen LogP contribution in [0, 0.1) is 0 Å². The van der Waals surface area contributed by atoms with Gasteiger partial charge in [0.15, 0.2) is 5.96 Å². The number of hydrogen-bond acceptors (Lipinski definition) is 3. The summed E-state index contributed by atoms with van der Waals surface area (Å²) in [6.45, 7) is 0.613. The van der Waals surface area contributed by atoms with Crippen molar-refractivity contribution in [1.29, 1.82) is 0 Å². The molecule has 20 heavy (non-hydrogen) atoms. The molecule has 1 saturated carbocycles. The maximum atomic E-state index is 5.99. The predicted molar refractivity (Wildman–Crippen MR) is 86.0 cm³/mol. The second kappa shape index (κ2) is 8.15. The van der Waals surface area contributed by atoms with E-state index in [0.29, 0.717) is 18.5 Å². The molecule has 0 radical (unpaired) electrons. The molecule has 1 aliphatic carbocycles. The van der Waals surface area contributed by atoms with Crippen LogP contribution in [0.2, 0.25) is 0 Å². The van der Waals surface area contributed by atoms with Gasteiger partial charge in [-0.1, -0.05) is 25.7 Å². The molecule has 3 N–H and O–H groups in total. The smallest absolute Gasteiger partial charge is 0.189 e. The molecule has 0 bridgehead atoms. The highest BCUT2D eigenvalue weighted by Gasteiger charge is 2.12. The lowest BCUT2D eigenvalue weighted by Crippen LogP contribution is -2.39. The van der Waals surface area contributed by atoms with Crippen LogP contribution < -0.4 is 11.1 Å². The molecular formula is C15H24N4S. The fourth-order valence-electron chi connectivity index (χ4n) is 2.52. The Hall–Kier alpha value is -1.23. The first-order valence-corrected chi connectivity index (χ1v) is 8.56. The maximum absolute atomic E-state index is 5.99. The average Bonchev–Trinajstić information content (AvgIpc) is 2.74. The molecule has 1 heterocycles. The minimum Gasteiger partial charge on any atom is -0.370 e. The molecule has 0 amide bonds. The van der Waals surface area contributed by atoms with E-state index in [1.54, 1.807) is 11.8 Å². The van der Waals surface area contributed by atoms with Crippen LogP contribution in [0.4, 0.5) is 0 Å². The summed E-state index contributed by atoms with van der Waals surface area (Å²) in [7, 11) is 0. The number of hydrogen-bond donors (Lipinski definition) is 2. The topological polar surface area (TPSA) is 63.3 Å².